The number of carbonyl (C=O) groups excluding carboxylic acids is 2. The molecule has 17 heteroatoms. The van der Waals surface area contributed by atoms with Crippen LogP contribution in [0.3, 0.4) is 0 Å². The van der Waals surface area contributed by atoms with Gasteiger partial charge in [0.2, 0.25) is 5.91 Å². The molecule has 1 unspecified atom stereocenters. The topological polar surface area (TPSA) is 124 Å². The summed E-state index contributed by atoms with van der Waals surface area (Å²) >= 11 is 0. The van der Waals surface area contributed by atoms with Gasteiger partial charge >= 0.3 is 12.4 Å². The highest BCUT2D eigenvalue weighted by Crippen LogP contribution is 2.44. The second-order valence-electron chi connectivity index (χ2n) is 10.4. The van der Waals surface area contributed by atoms with Crippen LogP contribution < -0.4 is 20.7 Å². The number of pyridine rings is 1. The molecule has 1 saturated heterocycles. The monoisotopic (exact) mass is 603 g/mol. The molecule has 228 valence electrons. The first kappa shape index (κ1) is 29.6. The average molecular weight is 604 g/mol. The Hall–Kier alpha value is -3.89. The van der Waals surface area contributed by atoms with Crippen LogP contribution in [0, 0.1) is 0 Å². The van der Waals surface area contributed by atoms with Gasteiger partial charge in [0.1, 0.15) is 11.6 Å². The number of alkyl halides is 6. The molecule has 0 aromatic carbocycles. The minimum absolute atomic E-state index is 0.0246. The quantitative estimate of drug-likeness (QED) is 0.349. The van der Waals surface area contributed by atoms with Crippen LogP contribution in [0.4, 0.5) is 43.5 Å². The highest BCUT2D eigenvalue weighted by atomic mass is 19.4. The van der Waals surface area contributed by atoms with Crippen molar-refractivity contribution in [3.63, 3.8) is 0 Å². The standard InChI is InChI=1S/C25H27F6N7O4/c1-13(34-16-10-33-35-22(40)20(16)25(29,30)31)12-42-7-4-19(39)36-5-6-37-18(11-36)23(41)38(15-2-3-15)17-8-14(24(26,27)28)9-32-21(17)37/h8-10,13,15,18H,2-7,11-12H2,1H3,(H2,34,35,40)/t13-,18?/m0/s1. The number of halogens is 6. The van der Waals surface area contributed by atoms with Gasteiger partial charge in [-0.25, -0.2) is 10.1 Å². The first-order valence-corrected chi connectivity index (χ1v) is 13.2. The Labute approximate surface area is 234 Å². The SMILES string of the molecule is C[C@@H](COCCC(=O)N1CCN2c3ncc(C(F)(F)F)cc3N(C3CC3)C(=O)C2C1)Nc1cn[nH]c(=O)c1C(F)(F)F. The molecule has 0 spiro atoms. The molecule has 3 aliphatic rings. The van der Waals surface area contributed by atoms with Crippen LogP contribution in [0.5, 0.6) is 0 Å². The van der Waals surface area contributed by atoms with Gasteiger partial charge in [0, 0.05) is 31.4 Å². The Morgan fingerprint density at radius 3 is 2.55 bits per heavy atom. The smallest absolute Gasteiger partial charge is 0.379 e. The van der Waals surface area contributed by atoms with Crippen molar-refractivity contribution in [3.8, 4) is 0 Å². The zero-order chi connectivity index (χ0) is 30.4. The lowest BCUT2D eigenvalue weighted by molar-refractivity contribution is -0.138. The third-order valence-electron chi connectivity index (χ3n) is 7.24. The first-order chi connectivity index (χ1) is 19.8. The summed E-state index contributed by atoms with van der Waals surface area (Å²) in [5.74, 6) is -0.418. The molecule has 1 aliphatic carbocycles. The molecule has 11 nitrogen and oxygen atoms in total. The largest absolute Gasteiger partial charge is 0.423 e. The molecule has 0 bridgehead atoms. The Kier molecular flexibility index (Phi) is 7.80. The number of carbonyl (C=O) groups is 2. The molecule has 2 N–H and O–H groups in total. The number of aromatic nitrogens is 3. The summed E-state index contributed by atoms with van der Waals surface area (Å²) in [7, 11) is 0. The van der Waals surface area contributed by atoms with E-state index in [1.54, 1.807) is 10.00 Å². The van der Waals surface area contributed by atoms with E-state index in [2.05, 4.69) is 15.4 Å². The molecule has 0 radical (unpaired) electrons. The van der Waals surface area contributed by atoms with E-state index in [4.69, 9.17) is 4.74 Å². The Balaban J connectivity index is 1.17. The highest BCUT2D eigenvalue weighted by molar-refractivity contribution is 6.06. The van der Waals surface area contributed by atoms with Crippen LogP contribution >= 0.6 is 0 Å². The van der Waals surface area contributed by atoms with Gasteiger partial charge < -0.3 is 24.8 Å². The Bertz CT molecular complexity index is 1410. The molecule has 2 aromatic heterocycles. The number of H-pyrrole nitrogens is 1. The summed E-state index contributed by atoms with van der Waals surface area (Å²) < 4.78 is 85.2. The summed E-state index contributed by atoms with van der Waals surface area (Å²) in [5.41, 5.74) is -4.10. The zero-order valence-corrected chi connectivity index (χ0v) is 22.3. The molecule has 2 aliphatic heterocycles. The molecule has 2 aromatic rings. The summed E-state index contributed by atoms with van der Waals surface area (Å²) in [6, 6.07) is -0.714. The maximum atomic E-state index is 13.4. The molecular formula is C25H27F6N7O4. The second-order valence-corrected chi connectivity index (χ2v) is 10.4. The number of amides is 2. The highest BCUT2D eigenvalue weighted by Gasteiger charge is 2.48. The van der Waals surface area contributed by atoms with Crippen molar-refractivity contribution in [2.45, 2.75) is 56.7 Å². The number of fused-ring (bicyclic) bond motifs is 3. The van der Waals surface area contributed by atoms with E-state index in [0.717, 1.165) is 18.5 Å². The van der Waals surface area contributed by atoms with E-state index < -0.39 is 46.8 Å². The van der Waals surface area contributed by atoms with Crippen LogP contribution in [-0.2, 0) is 26.7 Å². The van der Waals surface area contributed by atoms with Crippen molar-refractivity contribution < 1.29 is 40.7 Å². The van der Waals surface area contributed by atoms with E-state index in [0.29, 0.717) is 12.8 Å². The second kappa shape index (κ2) is 11.1. The molecule has 4 heterocycles. The first-order valence-electron chi connectivity index (χ1n) is 13.2. The summed E-state index contributed by atoms with van der Waals surface area (Å²) in [5, 5.41) is 7.68. The number of ether oxygens (including phenoxy) is 1. The normalized spacial score (nSPS) is 19.8. The number of aromatic amines is 1. The number of rotatable bonds is 8. The predicted molar refractivity (Wildman–Crippen MR) is 136 cm³/mol. The number of hydrogen-bond donors (Lipinski definition) is 2. The fourth-order valence-electron chi connectivity index (χ4n) is 5.14. The van der Waals surface area contributed by atoms with Gasteiger partial charge in [-0.3, -0.25) is 14.4 Å². The minimum Gasteiger partial charge on any atom is -0.379 e. The maximum Gasteiger partial charge on any atom is 0.423 e. The number of piperazine rings is 1. The van der Waals surface area contributed by atoms with Crippen molar-refractivity contribution in [2.75, 3.05) is 48.0 Å². The van der Waals surface area contributed by atoms with Crippen molar-refractivity contribution in [1.29, 1.82) is 0 Å². The Morgan fingerprint density at radius 1 is 1.14 bits per heavy atom. The fourth-order valence-corrected chi connectivity index (χ4v) is 5.14. The van der Waals surface area contributed by atoms with Crippen LogP contribution in [0.25, 0.3) is 0 Å². The predicted octanol–water partition coefficient (Wildman–Crippen LogP) is 2.64. The van der Waals surface area contributed by atoms with Crippen molar-refractivity contribution in [1.82, 2.24) is 20.1 Å². The third kappa shape index (κ3) is 6.00. The lowest BCUT2D eigenvalue weighted by Crippen LogP contribution is -2.64. The zero-order valence-electron chi connectivity index (χ0n) is 22.3. The molecular weight excluding hydrogens is 576 g/mol. The van der Waals surface area contributed by atoms with Crippen molar-refractivity contribution in [2.24, 2.45) is 0 Å². The Morgan fingerprint density at radius 2 is 1.88 bits per heavy atom. The lowest BCUT2D eigenvalue weighted by atomic mass is 10.0. The lowest BCUT2D eigenvalue weighted by Gasteiger charge is -2.47. The average Bonchev–Trinajstić information content (AvgIpc) is 3.74. The number of nitrogens with zero attached hydrogens (tertiary/aromatic N) is 5. The van der Waals surface area contributed by atoms with Crippen LogP contribution in [0.15, 0.2) is 23.3 Å². The molecule has 2 fully saturated rings. The van der Waals surface area contributed by atoms with Gasteiger partial charge in [-0.15, -0.1) is 0 Å². The van der Waals surface area contributed by atoms with Crippen LogP contribution in [0.2, 0.25) is 0 Å². The minimum atomic E-state index is -4.89. The van der Waals surface area contributed by atoms with E-state index in [1.807, 2.05) is 0 Å². The molecule has 1 saturated carbocycles. The molecule has 42 heavy (non-hydrogen) atoms. The summed E-state index contributed by atoms with van der Waals surface area (Å²) in [6.07, 6.45) is -6.64. The van der Waals surface area contributed by atoms with Gasteiger partial charge in [0.25, 0.3) is 11.5 Å². The van der Waals surface area contributed by atoms with Crippen LogP contribution in [-0.4, -0.2) is 82.9 Å². The molecule has 2 atom stereocenters. The van der Waals surface area contributed by atoms with Gasteiger partial charge in [0.05, 0.1) is 49.3 Å². The summed E-state index contributed by atoms with van der Waals surface area (Å²) in [6.45, 7) is 1.83. The molecule has 5 rings (SSSR count). The van der Waals surface area contributed by atoms with Gasteiger partial charge in [-0.2, -0.15) is 31.4 Å². The maximum absolute atomic E-state index is 13.4. The van der Waals surface area contributed by atoms with Gasteiger partial charge in [-0.05, 0) is 25.8 Å². The van der Waals surface area contributed by atoms with Gasteiger partial charge in [0.15, 0.2) is 5.82 Å². The van der Waals surface area contributed by atoms with E-state index >= 15 is 0 Å². The number of nitrogens with one attached hydrogen (secondary N) is 2. The summed E-state index contributed by atoms with van der Waals surface area (Å²) in [4.78, 5) is 46.5. The molecule has 2 amide bonds. The number of hydrogen-bond acceptors (Lipinski definition) is 8. The van der Waals surface area contributed by atoms with Crippen molar-refractivity contribution >= 4 is 29.0 Å². The number of anilines is 3. The van der Waals surface area contributed by atoms with Gasteiger partial charge in [-0.1, -0.05) is 0 Å². The third-order valence-corrected chi connectivity index (χ3v) is 7.24. The van der Waals surface area contributed by atoms with Crippen LogP contribution in [0.1, 0.15) is 37.3 Å². The fraction of sp³-hybridized carbons (Fsp3) is 0.560. The van der Waals surface area contributed by atoms with Crippen molar-refractivity contribution in [3.05, 3.63) is 39.9 Å². The van der Waals surface area contributed by atoms with E-state index in [-0.39, 0.29) is 68.6 Å². The van der Waals surface area contributed by atoms with E-state index in [1.165, 1.54) is 16.7 Å². The van der Waals surface area contributed by atoms with E-state index in [9.17, 15) is 40.7 Å².